The molecule has 0 spiro atoms. The first-order valence-electron chi connectivity index (χ1n) is 9.20. The molecule has 5 nitrogen and oxygen atoms in total. The molecule has 0 unspecified atom stereocenters. The summed E-state index contributed by atoms with van der Waals surface area (Å²) in [6.07, 6.45) is 3.36. The van der Waals surface area contributed by atoms with E-state index in [4.69, 9.17) is 16.3 Å². The summed E-state index contributed by atoms with van der Waals surface area (Å²) in [5, 5.41) is 11.5. The molecule has 6 heteroatoms. The number of nitrogens with zero attached hydrogens (tertiary/aromatic N) is 2. The van der Waals surface area contributed by atoms with Crippen molar-refractivity contribution in [3.8, 4) is 5.75 Å². The van der Waals surface area contributed by atoms with Gasteiger partial charge in [0.05, 0.1) is 10.6 Å². The number of carbonyl (C=O) groups excluding carboxylic acids is 1. The van der Waals surface area contributed by atoms with Crippen LogP contribution in [0.25, 0.3) is 0 Å². The summed E-state index contributed by atoms with van der Waals surface area (Å²) in [4.78, 5) is 18.7. The van der Waals surface area contributed by atoms with Crippen LogP contribution >= 0.6 is 11.6 Å². The number of rotatable bonds is 4. The molecule has 144 valence electrons. The Kier molecular flexibility index (Phi) is 6.02. The second-order valence-corrected chi connectivity index (χ2v) is 7.69. The van der Waals surface area contributed by atoms with Gasteiger partial charge in [-0.15, -0.1) is 0 Å². The minimum Gasteiger partial charge on any atom is -0.489 e. The number of halogens is 1. The van der Waals surface area contributed by atoms with Crippen LogP contribution in [0, 0.1) is 13.8 Å². The molecule has 1 fully saturated rings. The fraction of sp³-hybridized carbons (Fsp3) is 0.429. The standard InChI is InChI=1S/C21H25ClN2O3/c1-15-4-7-18(22)19(12-15)27-14-21(26)8-3-10-24(11-9-21)20(25)17-6-5-16(2)23-13-17/h4-7,12-13,26H,3,8-11,14H2,1-2H3/t21-/m0/s1. The molecule has 2 heterocycles. The SMILES string of the molecule is Cc1ccc(Cl)c(OC[C@]2(O)CCCN(C(=O)c3ccc(C)nc3)CC2)c1. The molecule has 27 heavy (non-hydrogen) atoms. The lowest BCUT2D eigenvalue weighted by Gasteiger charge is -2.27. The predicted octanol–water partition coefficient (Wildman–Crippen LogP) is 3.79. The number of benzene rings is 1. The van der Waals surface area contributed by atoms with Gasteiger partial charge in [-0.2, -0.15) is 0 Å². The molecule has 0 bridgehead atoms. The van der Waals surface area contributed by atoms with Crippen molar-refractivity contribution in [2.24, 2.45) is 0 Å². The third-order valence-electron chi connectivity index (χ3n) is 4.95. The van der Waals surface area contributed by atoms with Crippen LogP contribution in [0.4, 0.5) is 0 Å². The average Bonchev–Trinajstić information content (AvgIpc) is 2.85. The summed E-state index contributed by atoms with van der Waals surface area (Å²) in [6, 6.07) is 9.20. The first-order valence-corrected chi connectivity index (χ1v) is 9.57. The highest BCUT2D eigenvalue weighted by atomic mass is 35.5. The largest absolute Gasteiger partial charge is 0.489 e. The second-order valence-electron chi connectivity index (χ2n) is 7.28. The molecule has 2 aromatic rings. The number of carbonyl (C=O) groups is 1. The average molecular weight is 389 g/mol. The number of aryl methyl sites for hydroxylation is 2. The van der Waals surface area contributed by atoms with E-state index in [9.17, 15) is 9.90 Å². The zero-order chi connectivity index (χ0) is 19.4. The van der Waals surface area contributed by atoms with Gasteiger partial charge in [0.15, 0.2) is 0 Å². The molecule has 0 radical (unpaired) electrons. The van der Waals surface area contributed by atoms with E-state index in [-0.39, 0.29) is 12.5 Å². The molecule has 1 aromatic carbocycles. The number of likely N-dealkylation sites (tertiary alicyclic amines) is 1. The Bertz CT molecular complexity index is 810. The molecular weight excluding hydrogens is 364 g/mol. The number of aromatic nitrogens is 1. The lowest BCUT2D eigenvalue weighted by Crippen LogP contribution is -2.38. The normalized spacial score (nSPS) is 20.2. The highest BCUT2D eigenvalue weighted by molar-refractivity contribution is 6.32. The van der Waals surface area contributed by atoms with Crippen molar-refractivity contribution in [1.29, 1.82) is 0 Å². The zero-order valence-electron chi connectivity index (χ0n) is 15.7. The summed E-state index contributed by atoms with van der Waals surface area (Å²) < 4.78 is 5.81. The van der Waals surface area contributed by atoms with Gasteiger partial charge in [0, 0.05) is 25.0 Å². The van der Waals surface area contributed by atoms with Gasteiger partial charge in [-0.3, -0.25) is 9.78 Å². The van der Waals surface area contributed by atoms with Crippen LogP contribution < -0.4 is 4.74 Å². The van der Waals surface area contributed by atoms with Crippen LogP contribution in [-0.4, -0.2) is 46.2 Å². The third kappa shape index (κ3) is 4.99. The van der Waals surface area contributed by atoms with Crippen LogP contribution in [0.15, 0.2) is 36.5 Å². The molecule has 1 atom stereocenters. The second kappa shape index (κ2) is 8.28. The van der Waals surface area contributed by atoms with E-state index < -0.39 is 5.60 Å². The van der Waals surface area contributed by atoms with Crippen LogP contribution in [-0.2, 0) is 0 Å². The molecule has 1 N–H and O–H groups in total. The monoisotopic (exact) mass is 388 g/mol. The Morgan fingerprint density at radius 3 is 2.81 bits per heavy atom. The zero-order valence-corrected chi connectivity index (χ0v) is 16.5. The predicted molar refractivity (Wildman–Crippen MR) is 105 cm³/mol. The maximum Gasteiger partial charge on any atom is 0.255 e. The number of pyridine rings is 1. The van der Waals surface area contributed by atoms with Gasteiger partial charge in [-0.25, -0.2) is 0 Å². The molecule has 1 aromatic heterocycles. The first kappa shape index (κ1) is 19.6. The smallest absolute Gasteiger partial charge is 0.255 e. The molecule has 3 rings (SSSR count). The Labute approximate surface area is 164 Å². The molecule has 1 saturated heterocycles. The van der Waals surface area contributed by atoms with Crippen molar-refractivity contribution in [2.75, 3.05) is 19.7 Å². The Morgan fingerprint density at radius 1 is 1.26 bits per heavy atom. The molecule has 0 aliphatic carbocycles. The van der Waals surface area contributed by atoms with Crippen molar-refractivity contribution < 1.29 is 14.6 Å². The molecular formula is C21H25ClN2O3. The van der Waals surface area contributed by atoms with E-state index >= 15 is 0 Å². The van der Waals surface area contributed by atoms with Gasteiger partial charge in [0.25, 0.3) is 5.91 Å². The van der Waals surface area contributed by atoms with Crippen molar-refractivity contribution in [2.45, 2.75) is 38.7 Å². The van der Waals surface area contributed by atoms with Gasteiger partial charge in [0.2, 0.25) is 0 Å². The number of amides is 1. The lowest BCUT2D eigenvalue weighted by molar-refractivity contribution is -0.0163. The fourth-order valence-corrected chi connectivity index (χ4v) is 3.41. The summed E-state index contributed by atoms with van der Waals surface area (Å²) in [6.45, 7) is 5.10. The molecule has 1 amide bonds. The van der Waals surface area contributed by atoms with Crippen molar-refractivity contribution >= 4 is 17.5 Å². The minimum atomic E-state index is -0.979. The number of aliphatic hydroxyl groups is 1. The van der Waals surface area contributed by atoms with E-state index in [1.54, 1.807) is 23.2 Å². The summed E-state index contributed by atoms with van der Waals surface area (Å²) in [5.74, 6) is 0.530. The summed E-state index contributed by atoms with van der Waals surface area (Å²) >= 11 is 6.17. The van der Waals surface area contributed by atoms with E-state index in [1.807, 2.05) is 32.0 Å². The van der Waals surface area contributed by atoms with Crippen LogP contribution in [0.2, 0.25) is 5.02 Å². The Hall–Kier alpha value is -2.11. The van der Waals surface area contributed by atoms with Gasteiger partial charge in [-0.05, 0) is 62.9 Å². The summed E-state index contributed by atoms with van der Waals surface area (Å²) in [5.41, 5.74) is 1.52. The van der Waals surface area contributed by atoms with E-state index in [2.05, 4.69) is 4.98 Å². The Balaban J connectivity index is 1.62. The van der Waals surface area contributed by atoms with Gasteiger partial charge in [-0.1, -0.05) is 17.7 Å². The molecule has 0 saturated carbocycles. The summed E-state index contributed by atoms with van der Waals surface area (Å²) in [7, 11) is 0. The van der Waals surface area contributed by atoms with Gasteiger partial charge < -0.3 is 14.7 Å². The van der Waals surface area contributed by atoms with E-state index in [1.165, 1.54) is 0 Å². The molecule has 1 aliphatic rings. The highest BCUT2D eigenvalue weighted by Gasteiger charge is 2.33. The van der Waals surface area contributed by atoms with Gasteiger partial charge in [0.1, 0.15) is 18.0 Å². The van der Waals surface area contributed by atoms with E-state index in [0.29, 0.717) is 48.7 Å². The first-order chi connectivity index (χ1) is 12.9. The Morgan fingerprint density at radius 2 is 2.07 bits per heavy atom. The molecule has 1 aliphatic heterocycles. The maximum absolute atomic E-state index is 12.7. The minimum absolute atomic E-state index is 0.0469. The van der Waals surface area contributed by atoms with Crippen molar-refractivity contribution in [1.82, 2.24) is 9.88 Å². The quantitative estimate of drug-likeness (QED) is 0.865. The number of hydrogen-bond donors (Lipinski definition) is 1. The number of ether oxygens (including phenoxy) is 1. The maximum atomic E-state index is 12.7. The van der Waals surface area contributed by atoms with Gasteiger partial charge >= 0.3 is 0 Å². The fourth-order valence-electron chi connectivity index (χ4n) is 3.24. The lowest BCUT2D eigenvalue weighted by atomic mass is 9.96. The van der Waals surface area contributed by atoms with Crippen molar-refractivity contribution in [3.63, 3.8) is 0 Å². The van der Waals surface area contributed by atoms with E-state index in [0.717, 1.165) is 11.3 Å². The highest BCUT2D eigenvalue weighted by Crippen LogP contribution is 2.29. The topological polar surface area (TPSA) is 62.7 Å². The number of hydrogen-bond acceptors (Lipinski definition) is 4. The van der Waals surface area contributed by atoms with Crippen molar-refractivity contribution in [3.05, 3.63) is 58.4 Å². The van der Waals surface area contributed by atoms with Crippen LogP contribution in [0.3, 0.4) is 0 Å². The third-order valence-corrected chi connectivity index (χ3v) is 5.26. The van der Waals surface area contributed by atoms with Crippen LogP contribution in [0.5, 0.6) is 5.75 Å². The van der Waals surface area contributed by atoms with Crippen LogP contribution in [0.1, 0.15) is 40.9 Å².